The highest BCUT2D eigenvalue weighted by atomic mass is 32.2. The quantitative estimate of drug-likeness (QED) is 0.555. The minimum absolute atomic E-state index is 0.254. The van der Waals surface area contributed by atoms with Crippen LogP contribution in [0.5, 0.6) is 5.75 Å². The van der Waals surface area contributed by atoms with Gasteiger partial charge in [0.1, 0.15) is 12.4 Å². The molecule has 4 nitrogen and oxygen atoms in total. The monoisotopic (exact) mass is 326 g/mol. The van der Waals surface area contributed by atoms with Gasteiger partial charge in [-0.1, -0.05) is 48.2 Å². The first kappa shape index (κ1) is 15.8. The van der Waals surface area contributed by atoms with E-state index in [0.29, 0.717) is 10.9 Å². The fourth-order valence-corrected chi connectivity index (χ4v) is 3.00. The van der Waals surface area contributed by atoms with Crippen LogP contribution in [0.25, 0.3) is 10.9 Å². The Hall–Kier alpha value is -2.11. The molecule has 1 aromatic heterocycles. The summed E-state index contributed by atoms with van der Waals surface area (Å²) in [5, 5.41) is 11.8. The zero-order chi connectivity index (χ0) is 16.1. The van der Waals surface area contributed by atoms with E-state index in [1.807, 2.05) is 61.5 Å². The van der Waals surface area contributed by atoms with Crippen molar-refractivity contribution in [2.45, 2.75) is 18.2 Å². The molecule has 0 amide bonds. The van der Waals surface area contributed by atoms with Gasteiger partial charge in [0.05, 0.1) is 11.6 Å². The van der Waals surface area contributed by atoms with Gasteiger partial charge in [0.25, 0.3) is 0 Å². The predicted molar refractivity (Wildman–Crippen MR) is 92.9 cm³/mol. The molecule has 118 valence electrons. The molecule has 3 aromatic rings. The summed E-state index contributed by atoms with van der Waals surface area (Å²) in [6.07, 6.45) is -0.574. The van der Waals surface area contributed by atoms with Gasteiger partial charge in [-0.05, 0) is 25.1 Å². The first-order valence-electron chi connectivity index (χ1n) is 7.44. The molecule has 0 aliphatic carbocycles. The minimum Gasteiger partial charge on any atom is -0.491 e. The number of nitrogens with zero attached hydrogens (tertiary/aromatic N) is 2. The molecule has 3 rings (SSSR count). The Morgan fingerprint density at radius 1 is 1.04 bits per heavy atom. The lowest BCUT2D eigenvalue weighted by Gasteiger charge is -2.12. The fourth-order valence-electron chi connectivity index (χ4n) is 2.20. The van der Waals surface area contributed by atoms with Crippen molar-refractivity contribution in [2.24, 2.45) is 0 Å². The minimum atomic E-state index is -0.574. The lowest BCUT2D eigenvalue weighted by atomic mass is 10.2. The number of thioether (sulfide) groups is 1. The summed E-state index contributed by atoms with van der Waals surface area (Å²) in [5.41, 5.74) is 1.88. The molecule has 0 fully saturated rings. The molecule has 0 bridgehead atoms. The van der Waals surface area contributed by atoms with Crippen molar-refractivity contribution >= 4 is 22.7 Å². The normalized spacial score (nSPS) is 12.3. The lowest BCUT2D eigenvalue weighted by Crippen LogP contribution is -2.20. The summed E-state index contributed by atoms with van der Waals surface area (Å²) in [4.78, 5) is 9.02. The molecule has 5 heteroatoms. The fraction of sp³-hybridized carbons (Fsp3) is 0.222. The van der Waals surface area contributed by atoms with Gasteiger partial charge in [0.15, 0.2) is 5.16 Å². The number of benzene rings is 2. The van der Waals surface area contributed by atoms with E-state index in [0.717, 1.165) is 22.3 Å². The Morgan fingerprint density at radius 2 is 1.78 bits per heavy atom. The van der Waals surface area contributed by atoms with E-state index in [1.165, 1.54) is 11.8 Å². The second kappa shape index (κ2) is 7.44. The number of ether oxygens (including phenoxy) is 1. The van der Waals surface area contributed by atoms with Crippen LogP contribution in [-0.4, -0.2) is 33.5 Å². The highest BCUT2D eigenvalue weighted by Crippen LogP contribution is 2.21. The van der Waals surface area contributed by atoms with Crippen LogP contribution in [0.15, 0.2) is 59.8 Å². The first-order valence-corrected chi connectivity index (χ1v) is 8.43. The smallest absolute Gasteiger partial charge is 0.188 e. The van der Waals surface area contributed by atoms with Crippen molar-refractivity contribution in [1.29, 1.82) is 0 Å². The summed E-state index contributed by atoms with van der Waals surface area (Å²) in [7, 11) is 0. The van der Waals surface area contributed by atoms with Gasteiger partial charge in [0, 0.05) is 16.8 Å². The average molecular weight is 326 g/mol. The van der Waals surface area contributed by atoms with E-state index >= 15 is 0 Å². The van der Waals surface area contributed by atoms with Crippen LogP contribution in [0.2, 0.25) is 0 Å². The van der Waals surface area contributed by atoms with Gasteiger partial charge >= 0.3 is 0 Å². The third-order valence-electron chi connectivity index (χ3n) is 3.36. The van der Waals surface area contributed by atoms with E-state index in [4.69, 9.17) is 4.74 Å². The Balaban J connectivity index is 1.57. The number of fused-ring (bicyclic) bond motifs is 1. The Bertz CT molecular complexity index is 780. The van der Waals surface area contributed by atoms with Crippen LogP contribution in [0.3, 0.4) is 0 Å². The molecule has 0 aliphatic rings. The topological polar surface area (TPSA) is 55.2 Å². The maximum atomic E-state index is 10.1. The number of hydrogen-bond acceptors (Lipinski definition) is 5. The third-order valence-corrected chi connectivity index (χ3v) is 4.36. The van der Waals surface area contributed by atoms with E-state index in [1.54, 1.807) is 0 Å². The van der Waals surface area contributed by atoms with Crippen LogP contribution in [0.4, 0.5) is 0 Å². The second-order valence-electron chi connectivity index (χ2n) is 5.20. The van der Waals surface area contributed by atoms with Crippen molar-refractivity contribution in [3.05, 3.63) is 60.3 Å². The van der Waals surface area contributed by atoms with Crippen molar-refractivity contribution in [3.63, 3.8) is 0 Å². The summed E-state index contributed by atoms with van der Waals surface area (Å²) in [6.45, 7) is 2.23. The maximum Gasteiger partial charge on any atom is 0.188 e. The zero-order valence-electron chi connectivity index (χ0n) is 12.8. The molecular formula is C18H18N2O2S. The molecule has 1 N–H and O–H groups in total. The number of hydrogen-bond donors (Lipinski definition) is 1. The molecule has 0 aliphatic heterocycles. The number of aliphatic hydroxyl groups excluding tert-OH is 1. The first-order chi connectivity index (χ1) is 11.2. The maximum absolute atomic E-state index is 10.1. The summed E-state index contributed by atoms with van der Waals surface area (Å²) in [5.74, 6) is 1.25. The van der Waals surface area contributed by atoms with Crippen molar-refractivity contribution in [2.75, 3.05) is 12.4 Å². The predicted octanol–water partition coefficient (Wildman–Crippen LogP) is 3.47. The molecule has 0 saturated carbocycles. The van der Waals surface area contributed by atoms with Crippen LogP contribution in [0, 0.1) is 6.92 Å². The molecule has 1 unspecified atom stereocenters. The van der Waals surface area contributed by atoms with E-state index in [-0.39, 0.29) is 6.61 Å². The summed E-state index contributed by atoms with van der Waals surface area (Å²) in [6, 6.07) is 17.4. The molecule has 0 spiro atoms. The number of aliphatic hydroxyl groups is 1. The van der Waals surface area contributed by atoms with Gasteiger partial charge in [-0.2, -0.15) is 0 Å². The average Bonchev–Trinajstić information content (AvgIpc) is 2.59. The van der Waals surface area contributed by atoms with Crippen molar-refractivity contribution in [3.8, 4) is 5.75 Å². The number of aromatic nitrogens is 2. The number of aryl methyl sites for hydroxylation is 1. The van der Waals surface area contributed by atoms with Gasteiger partial charge < -0.3 is 9.84 Å². The van der Waals surface area contributed by atoms with Gasteiger partial charge in [-0.3, -0.25) is 0 Å². The largest absolute Gasteiger partial charge is 0.491 e. The molecule has 0 radical (unpaired) electrons. The molecule has 23 heavy (non-hydrogen) atoms. The van der Waals surface area contributed by atoms with Crippen LogP contribution >= 0.6 is 11.8 Å². The number of rotatable bonds is 6. The Kier molecular flexibility index (Phi) is 5.10. The van der Waals surface area contributed by atoms with E-state index < -0.39 is 6.10 Å². The number of para-hydroxylation sites is 2. The van der Waals surface area contributed by atoms with Gasteiger partial charge in [-0.15, -0.1) is 0 Å². The van der Waals surface area contributed by atoms with Crippen LogP contribution in [-0.2, 0) is 0 Å². The van der Waals surface area contributed by atoms with E-state index in [2.05, 4.69) is 9.97 Å². The third kappa shape index (κ3) is 4.21. The van der Waals surface area contributed by atoms with Crippen molar-refractivity contribution in [1.82, 2.24) is 9.97 Å². The molecule has 0 saturated heterocycles. The van der Waals surface area contributed by atoms with Crippen LogP contribution < -0.4 is 4.74 Å². The highest BCUT2D eigenvalue weighted by Gasteiger charge is 2.10. The Morgan fingerprint density at radius 3 is 2.61 bits per heavy atom. The van der Waals surface area contributed by atoms with Crippen molar-refractivity contribution < 1.29 is 9.84 Å². The van der Waals surface area contributed by atoms with Gasteiger partial charge in [0.2, 0.25) is 0 Å². The standard InChI is InChI=1S/C18H18N2O2S/c1-13-16-9-5-6-10-17(16)20-18(19-13)23-12-14(21)11-22-15-7-3-2-4-8-15/h2-10,14,21H,11-12H2,1H3. The Labute approximate surface area is 139 Å². The highest BCUT2D eigenvalue weighted by molar-refractivity contribution is 7.99. The second-order valence-corrected chi connectivity index (χ2v) is 6.18. The molecular weight excluding hydrogens is 308 g/mol. The molecule has 2 aromatic carbocycles. The SMILES string of the molecule is Cc1nc(SCC(O)COc2ccccc2)nc2ccccc12. The molecule has 1 heterocycles. The van der Waals surface area contributed by atoms with E-state index in [9.17, 15) is 5.11 Å². The summed E-state index contributed by atoms with van der Waals surface area (Å²) >= 11 is 1.44. The zero-order valence-corrected chi connectivity index (χ0v) is 13.7. The molecule has 1 atom stereocenters. The van der Waals surface area contributed by atoms with Gasteiger partial charge in [-0.25, -0.2) is 9.97 Å². The lowest BCUT2D eigenvalue weighted by molar-refractivity contribution is 0.126. The van der Waals surface area contributed by atoms with Crippen LogP contribution in [0.1, 0.15) is 5.69 Å². The summed E-state index contributed by atoms with van der Waals surface area (Å²) < 4.78 is 5.55.